The van der Waals surface area contributed by atoms with Gasteiger partial charge in [-0.1, -0.05) is 34.6 Å². The van der Waals surface area contributed by atoms with Crippen LogP contribution in [0.2, 0.25) is 0 Å². The van der Waals surface area contributed by atoms with Crippen LogP contribution in [0.1, 0.15) is 122 Å². The van der Waals surface area contributed by atoms with Gasteiger partial charge in [-0.15, -0.1) is 0 Å². The van der Waals surface area contributed by atoms with Crippen molar-refractivity contribution in [1.82, 2.24) is 15.0 Å². The van der Waals surface area contributed by atoms with E-state index in [4.69, 9.17) is 4.99 Å². The summed E-state index contributed by atoms with van der Waals surface area (Å²) in [7, 11) is 0. The molecule has 0 aliphatic carbocycles. The van der Waals surface area contributed by atoms with Gasteiger partial charge in [0, 0.05) is 74.2 Å². The Morgan fingerprint density at radius 1 is 0.556 bits per heavy atom. The van der Waals surface area contributed by atoms with Gasteiger partial charge in [0.15, 0.2) is 0 Å². The van der Waals surface area contributed by atoms with Crippen LogP contribution in [-0.2, 0) is 21.7 Å². The monoisotopic (exact) mass is 484 g/mol. The Balaban J connectivity index is 1.75. The van der Waals surface area contributed by atoms with Crippen molar-refractivity contribution < 1.29 is 0 Å². The largest absolute Gasteiger partial charge is 0.361 e. The minimum atomic E-state index is -0.126. The topological polar surface area (TPSA) is 59.7 Å². The number of aliphatic imine (C=N–C) groups is 1. The molecular formula is C32H44N4. The Bertz CT molecular complexity index is 1230. The third-order valence-electron chi connectivity index (χ3n) is 10.5. The van der Waals surface area contributed by atoms with Crippen molar-refractivity contribution in [2.45, 2.75) is 109 Å². The Kier molecular flexibility index (Phi) is 5.81. The van der Waals surface area contributed by atoms with Gasteiger partial charge in [0.2, 0.25) is 0 Å². The third kappa shape index (κ3) is 3.29. The number of allylic oxidation sites excluding steroid dienone is 1. The van der Waals surface area contributed by atoms with E-state index in [0.717, 1.165) is 32.1 Å². The minimum Gasteiger partial charge on any atom is -0.361 e. The SMILES string of the molecule is CCC1(C)C2=CN=C(C2)C(C)(CC)c2ccc([nH]2)C(C)(CC)c2ccc([nH]2)C(C)(CC)c2ccc1[nH]2. The highest BCUT2D eigenvalue weighted by molar-refractivity contribution is 5.98. The molecule has 5 heterocycles. The number of nitrogens with one attached hydrogen (secondary N) is 3. The molecule has 0 amide bonds. The summed E-state index contributed by atoms with van der Waals surface area (Å²) in [6.07, 6.45) is 7.14. The Labute approximate surface area is 217 Å². The number of rotatable bonds is 4. The molecule has 36 heavy (non-hydrogen) atoms. The van der Waals surface area contributed by atoms with E-state index >= 15 is 0 Å². The molecule has 5 rings (SSSR count). The highest BCUT2D eigenvalue weighted by Crippen LogP contribution is 2.45. The van der Waals surface area contributed by atoms with Crippen molar-refractivity contribution in [3.8, 4) is 0 Å². The van der Waals surface area contributed by atoms with Crippen LogP contribution >= 0.6 is 0 Å². The van der Waals surface area contributed by atoms with Gasteiger partial charge in [0.05, 0.1) is 0 Å². The first-order valence-corrected chi connectivity index (χ1v) is 14.0. The Hall–Kier alpha value is -2.75. The molecule has 4 unspecified atom stereocenters. The number of aromatic nitrogens is 3. The first kappa shape index (κ1) is 24.9. The van der Waals surface area contributed by atoms with Crippen LogP contribution in [0, 0.1) is 0 Å². The van der Waals surface area contributed by atoms with Crippen LogP contribution in [-0.4, -0.2) is 20.7 Å². The number of hydrogen-bond acceptors (Lipinski definition) is 1. The van der Waals surface area contributed by atoms with E-state index in [1.54, 1.807) is 0 Å². The van der Waals surface area contributed by atoms with Crippen molar-refractivity contribution in [3.05, 3.63) is 82.3 Å². The van der Waals surface area contributed by atoms with E-state index in [2.05, 4.69) is 113 Å². The standard InChI is InChI=1S/C32H44N4/c1-9-29(5)21-19-28(33-20-21)32(8,12-4)27-18-17-26(36-27)31(7,11-3)25-16-15-24(35-25)30(6,10-2)23-14-13-22(29)34-23/h13-18,20,34-36H,9-12,19H2,1-8H3. The molecule has 2 aliphatic rings. The maximum atomic E-state index is 5.10. The summed E-state index contributed by atoms with van der Waals surface area (Å²) in [4.78, 5) is 16.8. The quantitative estimate of drug-likeness (QED) is 0.334. The fourth-order valence-corrected chi connectivity index (χ4v) is 6.41. The lowest BCUT2D eigenvalue weighted by molar-refractivity contribution is 0.482. The summed E-state index contributed by atoms with van der Waals surface area (Å²) >= 11 is 0. The second kappa shape index (κ2) is 8.39. The maximum absolute atomic E-state index is 5.10. The highest BCUT2D eigenvalue weighted by Gasteiger charge is 2.42. The molecule has 0 spiro atoms. The van der Waals surface area contributed by atoms with Gasteiger partial charge in [-0.05, 0) is 88.4 Å². The summed E-state index contributed by atoms with van der Waals surface area (Å²) in [6, 6.07) is 13.9. The number of hydrogen-bond donors (Lipinski definition) is 3. The van der Waals surface area contributed by atoms with Crippen molar-refractivity contribution in [2.75, 3.05) is 0 Å². The van der Waals surface area contributed by atoms with Crippen molar-refractivity contribution in [2.24, 2.45) is 4.99 Å². The average molecular weight is 485 g/mol. The fraction of sp³-hybridized carbons (Fsp3) is 0.531. The predicted molar refractivity (Wildman–Crippen MR) is 151 cm³/mol. The molecule has 3 N–H and O–H groups in total. The number of nitrogens with zero attached hydrogens (tertiary/aromatic N) is 1. The molecule has 4 heteroatoms. The van der Waals surface area contributed by atoms with Crippen molar-refractivity contribution >= 4 is 5.71 Å². The predicted octanol–water partition coefficient (Wildman–Crippen LogP) is 8.18. The Morgan fingerprint density at radius 2 is 0.889 bits per heavy atom. The summed E-state index contributed by atoms with van der Waals surface area (Å²) in [6.45, 7) is 18.6. The summed E-state index contributed by atoms with van der Waals surface area (Å²) in [5.41, 5.74) is 9.88. The molecule has 0 aromatic carbocycles. The molecule has 0 fully saturated rings. The van der Waals surface area contributed by atoms with Gasteiger partial charge in [0.25, 0.3) is 0 Å². The van der Waals surface area contributed by atoms with Crippen LogP contribution in [0.25, 0.3) is 0 Å². The van der Waals surface area contributed by atoms with Crippen LogP contribution in [0.5, 0.6) is 0 Å². The van der Waals surface area contributed by atoms with Crippen LogP contribution in [0.3, 0.4) is 0 Å². The zero-order chi connectivity index (χ0) is 25.9. The summed E-state index contributed by atoms with van der Waals surface area (Å²) in [5.74, 6) is 0. The fourth-order valence-electron chi connectivity index (χ4n) is 6.41. The third-order valence-corrected chi connectivity index (χ3v) is 10.5. The van der Waals surface area contributed by atoms with E-state index in [-0.39, 0.29) is 21.7 Å². The normalized spacial score (nSPS) is 31.9. The molecule has 3 aromatic heterocycles. The number of H-pyrrole nitrogens is 3. The van der Waals surface area contributed by atoms with Gasteiger partial charge in [-0.2, -0.15) is 0 Å². The average Bonchev–Trinajstić information content (AvgIpc) is 3.72. The van der Waals surface area contributed by atoms with Gasteiger partial charge in [-0.3, -0.25) is 4.99 Å². The molecule has 3 aromatic rings. The molecule has 0 saturated heterocycles. The van der Waals surface area contributed by atoms with Gasteiger partial charge in [-0.25, -0.2) is 0 Å². The molecular weight excluding hydrogens is 440 g/mol. The highest BCUT2D eigenvalue weighted by atomic mass is 14.9. The number of aromatic amines is 3. The zero-order valence-corrected chi connectivity index (χ0v) is 23.5. The second-order valence-electron chi connectivity index (χ2n) is 12.0. The lowest BCUT2D eigenvalue weighted by atomic mass is 9.71. The Morgan fingerprint density at radius 3 is 1.25 bits per heavy atom. The van der Waals surface area contributed by atoms with Crippen LogP contribution in [0.15, 0.2) is 53.2 Å². The van der Waals surface area contributed by atoms with Crippen molar-refractivity contribution in [1.29, 1.82) is 0 Å². The smallest absolute Gasteiger partial charge is 0.0473 e. The first-order chi connectivity index (χ1) is 17.1. The molecule has 4 atom stereocenters. The lowest BCUT2D eigenvalue weighted by Gasteiger charge is -2.34. The summed E-state index contributed by atoms with van der Waals surface area (Å²) < 4.78 is 0. The number of fused-ring (bicyclic) bond motifs is 8. The molecule has 4 nitrogen and oxygen atoms in total. The van der Waals surface area contributed by atoms with E-state index in [9.17, 15) is 0 Å². The lowest BCUT2D eigenvalue weighted by Crippen LogP contribution is -2.34. The van der Waals surface area contributed by atoms with Crippen LogP contribution < -0.4 is 0 Å². The zero-order valence-electron chi connectivity index (χ0n) is 23.5. The molecule has 0 saturated carbocycles. The summed E-state index contributed by atoms with van der Waals surface area (Å²) in [5, 5.41) is 0. The van der Waals surface area contributed by atoms with Crippen LogP contribution in [0.4, 0.5) is 0 Å². The van der Waals surface area contributed by atoms with E-state index < -0.39 is 0 Å². The van der Waals surface area contributed by atoms with Gasteiger partial charge in [0.1, 0.15) is 0 Å². The molecule has 0 radical (unpaired) electrons. The minimum absolute atomic E-state index is 0.0769. The maximum Gasteiger partial charge on any atom is 0.0473 e. The van der Waals surface area contributed by atoms with E-state index in [1.807, 2.05) is 0 Å². The van der Waals surface area contributed by atoms with Crippen molar-refractivity contribution in [3.63, 3.8) is 0 Å². The first-order valence-electron chi connectivity index (χ1n) is 14.0. The van der Waals surface area contributed by atoms with E-state index in [0.29, 0.717) is 0 Å². The molecule has 192 valence electrons. The van der Waals surface area contributed by atoms with Gasteiger partial charge >= 0.3 is 0 Å². The molecule has 8 bridgehead atoms. The molecule has 2 aliphatic heterocycles. The van der Waals surface area contributed by atoms with E-state index in [1.165, 1.54) is 45.4 Å². The van der Waals surface area contributed by atoms with Gasteiger partial charge < -0.3 is 15.0 Å². The second-order valence-corrected chi connectivity index (χ2v) is 12.0.